The van der Waals surface area contributed by atoms with Gasteiger partial charge in [0.05, 0.1) is 18.4 Å². The molecule has 2 aliphatic heterocycles. The van der Waals surface area contributed by atoms with Crippen LogP contribution in [0.15, 0.2) is 24.3 Å². The highest BCUT2D eigenvalue weighted by molar-refractivity contribution is 5.58. The van der Waals surface area contributed by atoms with Crippen LogP contribution in [-0.2, 0) is 4.74 Å². The number of anilines is 1. The lowest BCUT2D eigenvalue weighted by Gasteiger charge is -2.59. The van der Waals surface area contributed by atoms with Crippen molar-refractivity contribution in [2.24, 2.45) is 17.3 Å². The second-order valence-corrected chi connectivity index (χ2v) is 9.15. The lowest BCUT2D eigenvalue weighted by atomic mass is 9.64. The average molecular weight is 450 g/mol. The summed E-state index contributed by atoms with van der Waals surface area (Å²) in [6.07, 6.45) is -10.9. The van der Waals surface area contributed by atoms with Gasteiger partial charge in [0.2, 0.25) is 0 Å². The number of hydrogen-bond donors (Lipinski definition) is 1. The topological polar surface area (TPSA) is 33.7 Å². The molecule has 0 spiro atoms. The molecule has 4 nitrogen and oxygen atoms in total. The van der Waals surface area contributed by atoms with E-state index in [0.717, 1.165) is 31.9 Å². The SMILES string of the molecule is FC(F)(F)C1(C(F)(F)F)OC2C1C1CCC2(COc2ccccc2N2CCNCC2)C1. The number of ether oxygens (including phenoxy) is 2. The number of piperazine rings is 1. The first-order valence-electron chi connectivity index (χ1n) is 10.6. The van der Waals surface area contributed by atoms with Crippen LogP contribution in [0.5, 0.6) is 5.75 Å². The highest BCUT2D eigenvalue weighted by Gasteiger charge is 2.88. The fourth-order valence-corrected chi connectivity index (χ4v) is 6.20. The van der Waals surface area contributed by atoms with E-state index in [1.54, 1.807) is 6.07 Å². The van der Waals surface area contributed by atoms with Gasteiger partial charge >= 0.3 is 12.4 Å². The Bertz CT molecular complexity index is 824. The van der Waals surface area contributed by atoms with Gasteiger partial charge in [-0.25, -0.2) is 0 Å². The van der Waals surface area contributed by atoms with Gasteiger partial charge in [0.1, 0.15) is 5.75 Å². The number of benzene rings is 1. The van der Waals surface area contributed by atoms with Gasteiger partial charge in [-0.1, -0.05) is 12.1 Å². The Morgan fingerprint density at radius 3 is 2.42 bits per heavy atom. The standard InChI is InChI=1S/C21H24F6N2O2/c22-20(23,24)19(21(25,26)27)16-13-5-6-18(11-13,17(16)31-19)12-30-15-4-2-1-3-14(15)29-9-7-28-8-10-29/h1-4,13,16-17,28H,5-12H2. The first kappa shape index (κ1) is 21.2. The summed E-state index contributed by atoms with van der Waals surface area (Å²) >= 11 is 0. The van der Waals surface area contributed by atoms with Crippen molar-refractivity contribution in [1.82, 2.24) is 5.32 Å². The quantitative estimate of drug-likeness (QED) is 0.699. The normalized spacial score (nSPS) is 34.4. The van der Waals surface area contributed by atoms with E-state index in [1.165, 1.54) is 0 Å². The third-order valence-electron chi connectivity index (χ3n) is 7.58. The molecule has 4 fully saturated rings. The zero-order valence-corrected chi connectivity index (χ0v) is 16.7. The third kappa shape index (κ3) is 2.97. The van der Waals surface area contributed by atoms with Gasteiger partial charge in [-0.3, -0.25) is 0 Å². The number of alkyl halides is 6. The summed E-state index contributed by atoms with van der Waals surface area (Å²) in [4.78, 5) is 2.16. The molecule has 2 saturated carbocycles. The highest BCUT2D eigenvalue weighted by atomic mass is 19.4. The van der Waals surface area contributed by atoms with E-state index < -0.39 is 41.3 Å². The number of hydrogen-bond acceptors (Lipinski definition) is 4. The number of para-hydroxylation sites is 2. The van der Waals surface area contributed by atoms with Crippen LogP contribution in [0.3, 0.4) is 0 Å². The van der Waals surface area contributed by atoms with Crippen LogP contribution in [0.2, 0.25) is 0 Å². The van der Waals surface area contributed by atoms with Crippen LogP contribution in [0.25, 0.3) is 0 Å². The Balaban J connectivity index is 1.36. The maximum Gasteiger partial charge on any atom is 0.426 e. The molecule has 4 aliphatic rings. The molecule has 10 heteroatoms. The Hall–Kier alpha value is -1.68. The van der Waals surface area contributed by atoms with Gasteiger partial charge in [0.25, 0.3) is 5.60 Å². The molecule has 2 heterocycles. The van der Waals surface area contributed by atoms with Gasteiger partial charge < -0.3 is 19.7 Å². The van der Waals surface area contributed by atoms with Crippen LogP contribution in [0.4, 0.5) is 32.0 Å². The number of fused-ring (bicyclic) bond motifs is 5. The van der Waals surface area contributed by atoms with Crippen LogP contribution < -0.4 is 15.0 Å². The smallest absolute Gasteiger partial charge is 0.426 e. The molecule has 0 amide bonds. The molecule has 4 atom stereocenters. The highest BCUT2D eigenvalue weighted by Crippen LogP contribution is 2.73. The minimum Gasteiger partial charge on any atom is -0.491 e. The second-order valence-electron chi connectivity index (χ2n) is 9.15. The second kappa shape index (κ2) is 6.91. The summed E-state index contributed by atoms with van der Waals surface area (Å²) in [6, 6.07) is 7.41. The molecule has 2 aliphatic carbocycles. The number of halogens is 6. The van der Waals surface area contributed by atoms with Crippen LogP contribution in [0, 0.1) is 17.3 Å². The molecule has 172 valence electrons. The molecular formula is C21H24F6N2O2. The van der Waals surface area contributed by atoms with E-state index in [2.05, 4.69) is 10.2 Å². The van der Waals surface area contributed by atoms with Gasteiger partial charge in [-0.05, 0) is 37.3 Å². The van der Waals surface area contributed by atoms with Crippen molar-refractivity contribution in [3.05, 3.63) is 24.3 Å². The fourth-order valence-electron chi connectivity index (χ4n) is 6.20. The van der Waals surface area contributed by atoms with E-state index in [1.807, 2.05) is 18.2 Å². The van der Waals surface area contributed by atoms with Gasteiger partial charge in [-0.15, -0.1) is 0 Å². The maximum absolute atomic E-state index is 13.6. The Morgan fingerprint density at radius 1 is 1.06 bits per heavy atom. The summed E-state index contributed by atoms with van der Waals surface area (Å²) in [6.45, 7) is 3.30. The predicted molar refractivity (Wildman–Crippen MR) is 100.0 cm³/mol. The summed E-state index contributed by atoms with van der Waals surface area (Å²) in [7, 11) is 0. The number of nitrogens with zero attached hydrogens (tertiary/aromatic N) is 1. The van der Waals surface area contributed by atoms with Crippen molar-refractivity contribution in [3.63, 3.8) is 0 Å². The summed E-state index contributed by atoms with van der Waals surface area (Å²) in [5.74, 6) is -1.65. The van der Waals surface area contributed by atoms with Crippen LogP contribution in [-0.4, -0.2) is 56.8 Å². The third-order valence-corrected chi connectivity index (χ3v) is 7.58. The molecule has 0 radical (unpaired) electrons. The zero-order chi connectivity index (χ0) is 22.1. The van der Waals surface area contributed by atoms with E-state index >= 15 is 0 Å². The van der Waals surface area contributed by atoms with Crippen molar-refractivity contribution in [2.45, 2.75) is 43.3 Å². The van der Waals surface area contributed by atoms with E-state index in [0.29, 0.717) is 18.6 Å². The zero-order valence-electron chi connectivity index (χ0n) is 16.7. The molecule has 31 heavy (non-hydrogen) atoms. The number of rotatable bonds is 4. The summed E-state index contributed by atoms with van der Waals surface area (Å²) in [5, 5.41) is 3.27. The minimum absolute atomic E-state index is 0.0551. The van der Waals surface area contributed by atoms with Gasteiger partial charge in [0.15, 0.2) is 0 Å². The van der Waals surface area contributed by atoms with Crippen molar-refractivity contribution in [2.75, 3.05) is 37.7 Å². The fraction of sp³-hybridized carbons (Fsp3) is 0.714. The molecule has 4 unspecified atom stereocenters. The molecule has 0 aromatic heterocycles. The lowest BCUT2D eigenvalue weighted by Crippen LogP contribution is -2.77. The average Bonchev–Trinajstić information content (AvgIpc) is 3.18. The molecule has 1 aromatic carbocycles. The first-order valence-corrected chi connectivity index (χ1v) is 10.6. The molecule has 1 N–H and O–H groups in total. The van der Waals surface area contributed by atoms with E-state index in [9.17, 15) is 26.3 Å². The molecule has 2 saturated heterocycles. The van der Waals surface area contributed by atoms with Crippen LogP contribution >= 0.6 is 0 Å². The van der Waals surface area contributed by atoms with Crippen molar-refractivity contribution in [1.29, 1.82) is 0 Å². The Labute approximate surface area is 175 Å². The van der Waals surface area contributed by atoms with E-state index in [4.69, 9.17) is 9.47 Å². The van der Waals surface area contributed by atoms with E-state index in [-0.39, 0.29) is 13.0 Å². The number of nitrogens with one attached hydrogen (secondary N) is 1. The Morgan fingerprint density at radius 2 is 1.74 bits per heavy atom. The maximum atomic E-state index is 13.6. The monoisotopic (exact) mass is 450 g/mol. The largest absolute Gasteiger partial charge is 0.491 e. The van der Waals surface area contributed by atoms with Gasteiger partial charge in [-0.2, -0.15) is 26.3 Å². The lowest BCUT2D eigenvalue weighted by molar-refractivity contribution is -0.476. The molecule has 2 bridgehead atoms. The summed E-state index contributed by atoms with van der Waals surface area (Å²) < 4.78 is 92.3. The molecule has 1 aromatic rings. The predicted octanol–water partition coefficient (Wildman–Crippen LogP) is 4.15. The van der Waals surface area contributed by atoms with Crippen molar-refractivity contribution >= 4 is 5.69 Å². The van der Waals surface area contributed by atoms with Crippen molar-refractivity contribution in [3.8, 4) is 5.75 Å². The summed E-state index contributed by atoms with van der Waals surface area (Å²) in [5.41, 5.74) is -3.97. The van der Waals surface area contributed by atoms with Crippen molar-refractivity contribution < 1.29 is 35.8 Å². The van der Waals surface area contributed by atoms with Crippen LogP contribution in [0.1, 0.15) is 19.3 Å². The molecular weight excluding hydrogens is 426 g/mol. The van der Waals surface area contributed by atoms with Gasteiger partial charge in [0, 0.05) is 37.5 Å². The first-order chi connectivity index (χ1) is 14.6. The Kier molecular flexibility index (Phi) is 4.72. The minimum atomic E-state index is -5.49. The molecule has 5 rings (SSSR count).